The molecule has 6 nitrogen and oxygen atoms in total. The van der Waals surface area contributed by atoms with Crippen LogP contribution in [-0.4, -0.2) is 18.5 Å². The van der Waals surface area contributed by atoms with E-state index in [0.717, 1.165) is 23.2 Å². The van der Waals surface area contributed by atoms with Crippen molar-refractivity contribution < 1.29 is 14.0 Å². The minimum atomic E-state index is -0.333. The molecule has 0 aliphatic carbocycles. The molecule has 2 aromatic carbocycles. The second kappa shape index (κ2) is 6.99. The number of hydrogen-bond donors (Lipinski definition) is 2. The summed E-state index contributed by atoms with van der Waals surface area (Å²) < 4.78 is 5.22. The number of urea groups is 1. The summed E-state index contributed by atoms with van der Waals surface area (Å²) in [7, 11) is 0. The molecule has 136 valence electrons. The van der Waals surface area contributed by atoms with Gasteiger partial charge in [-0.2, -0.15) is 0 Å². The van der Waals surface area contributed by atoms with Gasteiger partial charge in [0.15, 0.2) is 5.76 Å². The molecule has 0 saturated carbocycles. The van der Waals surface area contributed by atoms with E-state index in [1.807, 2.05) is 49.4 Å². The smallest absolute Gasteiger partial charge is 0.323 e. The average molecular weight is 361 g/mol. The van der Waals surface area contributed by atoms with E-state index in [-0.39, 0.29) is 11.9 Å². The van der Waals surface area contributed by atoms with Gasteiger partial charge in [-0.05, 0) is 55.3 Å². The fraction of sp³-hybridized carbons (Fsp3) is 0.143. The molecule has 1 aliphatic rings. The van der Waals surface area contributed by atoms with Crippen molar-refractivity contribution in [2.45, 2.75) is 13.3 Å². The van der Waals surface area contributed by atoms with E-state index in [2.05, 4.69) is 10.6 Å². The first-order chi connectivity index (χ1) is 13.1. The lowest BCUT2D eigenvalue weighted by Gasteiger charge is -2.17. The molecule has 0 bridgehead atoms. The highest BCUT2D eigenvalue weighted by molar-refractivity contribution is 6.06. The molecule has 1 aromatic heterocycles. The highest BCUT2D eigenvalue weighted by atomic mass is 16.3. The minimum Gasteiger partial charge on any atom is -0.459 e. The molecule has 2 heterocycles. The maximum absolute atomic E-state index is 12.6. The number of carbonyl (C=O) groups is 2. The molecule has 0 saturated heterocycles. The highest BCUT2D eigenvalue weighted by Crippen LogP contribution is 2.32. The Kier molecular flexibility index (Phi) is 4.38. The lowest BCUT2D eigenvalue weighted by atomic mass is 10.1. The molecule has 3 amide bonds. The van der Waals surface area contributed by atoms with Crippen molar-refractivity contribution in [1.29, 1.82) is 0 Å². The number of carbonyl (C=O) groups excluding carboxylic acids is 2. The zero-order valence-corrected chi connectivity index (χ0v) is 14.9. The topological polar surface area (TPSA) is 74.6 Å². The van der Waals surface area contributed by atoms with Crippen molar-refractivity contribution >= 4 is 29.0 Å². The second-order valence-corrected chi connectivity index (χ2v) is 6.47. The van der Waals surface area contributed by atoms with Crippen molar-refractivity contribution in [2.75, 3.05) is 22.1 Å². The molecule has 3 aromatic rings. The molecule has 27 heavy (non-hydrogen) atoms. The van der Waals surface area contributed by atoms with Crippen LogP contribution in [0.15, 0.2) is 65.3 Å². The Hall–Kier alpha value is -3.54. The molecule has 0 radical (unpaired) electrons. The lowest BCUT2D eigenvalue weighted by Crippen LogP contribution is -2.28. The van der Waals surface area contributed by atoms with Crippen LogP contribution in [-0.2, 0) is 6.42 Å². The third kappa shape index (κ3) is 3.55. The number of hydrogen-bond acceptors (Lipinski definition) is 3. The summed E-state index contributed by atoms with van der Waals surface area (Å²) in [6, 6.07) is 16.2. The van der Waals surface area contributed by atoms with Gasteiger partial charge < -0.3 is 20.0 Å². The fourth-order valence-corrected chi connectivity index (χ4v) is 3.13. The summed E-state index contributed by atoms with van der Waals surface area (Å²) in [6.07, 6.45) is 2.26. The van der Waals surface area contributed by atoms with Gasteiger partial charge in [0.2, 0.25) is 0 Å². The Balaban J connectivity index is 1.49. The molecule has 1 aliphatic heterocycles. The van der Waals surface area contributed by atoms with Crippen molar-refractivity contribution in [3.05, 3.63) is 77.7 Å². The molecular formula is C21H19N3O3. The normalized spacial score (nSPS) is 12.6. The summed E-state index contributed by atoms with van der Waals surface area (Å²) in [4.78, 5) is 26.5. The number of amides is 3. The number of nitrogens with zero attached hydrogens (tertiary/aromatic N) is 1. The number of nitrogens with one attached hydrogen (secondary N) is 2. The molecule has 4 rings (SSSR count). The number of aryl methyl sites for hydroxylation is 1. The van der Waals surface area contributed by atoms with Gasteiger partial charge in [-0.3, -0.25) is 4.79 Å². The van der Waals surface area contributed by atoms with Gasteiger partial charge in [0.1, 0.15) is 0 Å². The van der Waals surface area contributed by atoms with Gasteiger partial charge in [-0.1, -0.05) is 23.8 Å². The van der Waals surface area contributed by atoms with E-state index in [4.69, 9.17) is 4.42 Å². The van der Waals surface area contributed by atoms with E-state index >= 15 is 0 Å². The van der Waals surface area contributed by atoms with E-state index in [1.54, 1.807) is 17.0 Å². The zero-order valence-electron chi connectivity index (χ0n) is 14.9. The predicted molar refractivity (Wildman–Crippen MR) is 104 cm³/mol. The first kappa shape index (κ1) is 16.9. The average Bonchev–Trinajstić information content (AvgIpc) is 3.32. The van der Waals surface area contributed by atoms with E-state index in [9.17, 15) is 9.59 Å². The molecule has 6 heteroatoms. The summed E-state index contributed by atoms with van der Waals surface area (Å²) in [5.74, 6) is 0.123. The Morgan fingerprint density at radius 2 is 1.74 bits per heavy atom. The van der Waals surface area contributed by atoms with Crippen molar-refractivity contribution in [1.82, 2.24) is 0 Å². The van der Waals surface area contributed by atoms with E-state index in [0.29, 0.717) is 23.7 Å². The summed E-state index contributed by atoms with van der Waals surface area (Å²) >= 11 is 0. The van der Waals surface area contributed by atoms with Gasteiger partial charge in [-0.15, -0.1) is 0 Å². The van der Waals surface area contributed by atoms with Gasteiger partial charge in [0.25, 0.3) is 5.91 Å². The van der Waals surface area contributed by atoms with Crippen molar-refractivity contribution in [2.24, 2.45) is 0 Å². The summed E-state index contributed by atoms with van der Waals surface area (Å²) in [5, 5.41) is 5.61. The number of fused-ring (bicyclic) bond motifs is 1. The standard InChI is InChI=1S/C21H19N3O3/c1-14-4-7-16(8-5-14)22-21(26)23-17-9-6-15-10-11-24(18(15)13-17)20(25)19-3-2-12-27-19/h2-9,12-13H,10-11H2,1H3,(H2,22,23,26). The second-order valence-electron chi connectivity index (χ2n) is 6.47. The molecule has 0 unspecified atom stereocenters. The number of benzene rings is 2. The SMILES string of the molecule is Cc1ccc(NC(=O)Nc2ccc3c(c2)N(C(=O)c2ccco2)CC3)cc1. The monoisotopic (exact) mass is 361 g/mol. The van der Waals surface area contributed by atoms with Crippen LogP contribution in [0.3, 0.4) is 0 Å². The number of anilines is 3. The Labute approximate surface area is 156 Å². The number of rotatable bonds is 3. The zero-order chi connectivity index (χ0) is 18.8. The number of furan rings is 1. The molecule has 0 fully saturated rings. The Morgan fingerprint density at radius 1 is 1.00 bits per heavy atom. The quantitative estimate of drug-likeness (QED) is 0.724. The Morgan fingerprint density at radius 3 is 2.48 bits per heavy atom. The van der Waals surface area contributed by atoms with Crippen LogP contribution in [0.5, 0.6) is 0 Å². The first-order valence-corrected chi connectivity index (χ1v) is 8.73. The fourth-order valence-electron chi connectivity index (χ4n) is 3.13. The first-order valence-electron chi connectivity index (χ1n) is 8.73. The van der Waals surface area contributed by atoms with Gasteiger partial charge in [0.05, 0.1) is 6.26 Å². The maximum atomic E-state index is 12.6. The van der Waals surface area contributed by atoms with E-state index in [1.165, 1.54) is 6.26 Å². The van der Waals surface area contributed by atoms with Crippen LogP contribution in [0.1, 0.15) is 21.7 Å². The largest absolute Gasteiger partial charge is 0.459 e. The molecule has 0 atom stereocenters. The maximum Gasteiger partial charge on any atom is 0.323 e. The van der Waals surface area contributed by atoms with Crippen LogP contribution < -0.4 is 15.5 Å². The lowest BCUT2D eigenvalue weighted by molar-refractivity contribution is 0.0963. The minimum absolute atomic E-state index is 0.181. The molecule has 0 spiro atoms. The van der Waals surface area contributed by atoms with Gasteiger partial charge in [-0.25, -0.2) is 4.79 Å². The van der Waals surface area contributed by atoms with Crippen molar-refractivity contribution in [3.63, 3.8) is 0 Å². The predicted octanol–water partition coefficient (Wildman–Crippen LogP) is 4.43. The molecule has 2 N–H and O–H groups in total. The van der Waals surface area contributed by atoms with Crippen molar-refractivity contribution in [3.8, 4) is 0 Å². The third-order valence-corrected chi connectivity index (χ3v) is 4.53. The Bertz CT molecular complexity index is 978. The highest BCUT2D eigenvalue weighted by Gasteiger charge is 2.27. The summed E-state index contributed by atoms with van der Waals surface area (Å²) in [5.41, 5.74) is 4.33. The summed E-state index contributed by atoms with van der Waals surface area (Å²) in [6.45, 7) is 2.58. The van der Waals surface area contributed by atoms with Gasteiger partial charge >= 0.3 is 6.03 Å². The van der Waals surface area contributed by atoms with Crippen LogP contribution in [0.25, 0.3) is 0 Å². The van der Waals surface area contributed by atoms with Crippen LogP contribution in [0.4, 0.5) is 21.9 Å². The third-order valence-electron chi connectivity index (χ3n) is 4.53. The van der Waals surface area contributed by atoms with Gasteiger partial charge in [0, 0.05) is 23.6 Å². The molecular weight excluding hydrogens is 342 g/mol. The van der Waals surface area contributed by atoms with Crippen LogP contribution in [0, 0.1) is 6.92 Å². The van der Waals surface area contributed by atoms with Crippen LogP contribution in [0.2, 0.25) is 0 Å². The van der Waals surface area contributed by atoms with Crippen LogP contribution >= 0.6 is 0 Å². The van der Waals surface area contributed by atoms with E-state index < -0.39 is 0 Å².